The number of carbonyl (C=O) groups is 1. The lowest BCUT2D eigenvalue weighted by molar-refractivity contribution is -0.135. The third kappa shape index (κ3) is 1.76. The normalized spacial score (nSPS) is 23.2. The van der Waals surface area contributed by atoms with Gasteiger partial charge in [0.15, 0.2) is 0 Å². The van der Waals surface area contributed by atoms with Crippen LogP contribution in [0.25, 0.3) is 0 Å². The van der Waals surface area contributed by atoms with E-state index in [-0.39, 0.29) is 5.97 Å². The van der Waals surface area contributed by atoms with Crippen LogP contribution >= 0.6 is 0 Å². The SMILES string of the molecule is O=C1OCCC1=C1NCCCCN1. The molecule has 0 saturated carbocycles. The van der Waals surface area contributed by atoms with Gasteiger partial charge in [-0.1, -0.05) is 0 Å². The van der Waals surface area contributed by atoms with E-state index in [2.05, 4.69) is 10.6 Å². The largest absolute Gasteiger partial charge is 0.462 e. The molecule has 0 amide bonds. The third-order valence-electron chi connectivity index (χ3n) is 2.34. The smallest absolute Gasteiger partial charge is 0.337 e. The average molecular weight is 182 g/mol. The van der Waals surface area contributed by atoms with Crippen molar-refractivity contribution in [3.63, 3.8) is 0 Å². The summed E-state index contributed by atoms with van der Waals surface area (Å²) in [6.07, 6.45) is 3.03. The number of esters is 1. The van der Waals surface area contributed by atoms with E-state index in [0.717, 1.165) is 43.7 Å². The van der Waals surface area contributed by atoms with Crippen molar-refractivity contribution in [3.05, 3.63) is 11.4 Å². The Morgan fingerprint density at radius 1 is 1.15 bits per heavy atom. The van der Waals surface area contributed by atoms with Gasteiger partial charge in [-0.25, -0.2) is 4.79 Å². The molecule has 0 aromatic rings. The van der Waals surface area contributed by atoms with E-state index in [1.807, 2.05) is 0 Å². The van der Waals surface area contributed by atoms with Crippen molar-refractivity contribution in [2.24, 2.45) is 0 Å². The van der Waals surface area contributed by atoms with E-state index in [4.69, 9.17) is 4.74 Å². The van der Waals surface area contributed by atoms with Gasteiger partial charge in [0.2, 0.25) is 0 Å². The number of hydrogen-bond donors (Lipinski definition) is 2. The van der Waals surface area contributed by atoms with E-state index < -0.39 is 0 Å². The standard InChI is InChI=1S/C9H14N2O2/c12-9-7(3-6-13-9)8-10-4-1-2-5-11-8/h10-11H,1-6H2. The molecule has 72 valence electrons. The molecule has 13 heavy (non-hydrogen) atoms. The second-order valence-electron chi connectivity index (χ2n) is 3.30. The van der Waals surface area contributed by atoms with Crippen LogP contribution < -0.4 is 10.6 Å². The van der Waals surface area contributed by atoms with Gasteiger partial charge in [-0.3, -0.25) is 0 Å². The van der Waals surface area contributed by atoms with Crippen LogP contribution in [0.15, 0.2) is 11.4 Å². The maximum atomic E-state index is 11.2. The highest BCUT2D eigenvalue weighted by atomic mass is 16.5. The van der Waals surface area contributed by atoms with Crippen LogP contribution in [0, 0.1) is 0 Å². The van der Waals surface area contributed by atoms with Gasteiger partial charge in [-0.05, 0) is 12.8 Å². The first-order chi connectivity index (χ1) is 6.38. The summed E-state index contributed by atoms with van der Waals surface area (Å²) in [5.41, 5.74) is 0.780. The summed E-state index contributed by atoms with van der Waals surface area (Å²) in [6, 6.07) is 0. The Kier molecular flexibility index (Phi) is 2.38. The minimum atomic E-state index is -0.170. The Morgan fingerprint density at radius 3 is 2.38 bits per heavy atom. The van der Waals surface area contributed by atoms with Crippen molar-refractivity contribution in [3.8, 4) is 0 Å². The summed E-state index contributed by atoms with van der Waals surface area (Å²) in [5.74, 6) is 0.719. The van der Waals surface area contributed by atoms with Gasteiger partial charge in [0.05, 0.1) is 12.2 Å². The predicted molar refractivity (Wildman–Crippen MR) is 47.8 cm³/mol. The van der Waals surface area contributed by atoms with Crippen molar-refractivity contribution in [2.75, 3.05) is 19.7 Å². The molecule has 2 heterocycles. The first-order valence-electron chi connectivity index (χ1n) is 4.76. The van der Waals surface area contributed by atoms with Crippen molar-refractivity contribution >= 4 is 5.97 Å². The van der Waals surface area contributed by atoms with E-state index in [9.17, 15) is 4.79 Å². The van der Waals surface area contributed by atoms with Crippen molar-refractivity contribution < 1.29 is 9.53 Å². The zero-order valence-electron chi connectivity index (χ0n) is 7.56. The fourth-order valence-corrected chi connectivity index (χ4v) is 1.61. The molecule has 2 N–H and O–H groups in total. The van der Waals surface area contributed by atoms with Gasteiger partial charge >= 0.3 is 5.97 Å². The number of rotatable bonds is 0. The Morgan fingerprint density at radius 2 is 1.85 bits per heavy atom. The number of ether oxygens (including phenoxy) is 1. The lowest BCUT2D eigenvalue weighted by Crippen LogP contribution is -2.27. The highest BCUT2D eigenvalue weighted by Crippen LogP contribution is 2.15. The van der Waals surface area contributed by atoms with E-state index >= 15 is 0 Å². The maximum Gasteiger partial charge on any atom is 0.337 e. The summed E-state index contributed by atoms with van der Waals surface area (Å²) in [6.45, 7) is 2.42. The highest BCUT2D eigenvalue weighted by Gasteiger charge is 2.23. The lowest BCUT2D eigenvalue weighted by Gasteiger charge is -2.09. The maximum absolute atomic E-state index is 11.2. The van der Waals surface area contributed by atoms with Crippen molar-refractivity contribution in [1.82, 2.24) is 10.6 Å². The van der Waals surface area contributed by atoms with E-state index in [0.29, 0.717) is 6.61 Å². The van der Waals surface area contributed by atoms with Gasteiger partial charge in [-0.15, -0.1) is 0 Å². The van der Waals surface area contributed by atoms with Crippen LogP contribution in [0.3, 0.4) is 0 Å². The summed E-state index contributed by atoms with van der Waals surface area (Å²) in [4.78, 5) is 11.2. The molecule has 2 saturated heterocycles. The molecule has 0 bridgehead atoms. The second-order valence-corrected chi connectivity index (χ2v) is 3.30. The van der Waals surface area contributed by atoms with Crippen LogP contribution in [0.4, 0.5) is 0 Å². The first kappa shape index (κ1) is 8.41. The number of hydrogen-bond acceptors (Lipinski definition) is 4. The molecule has 0 aromatic heterocycles. The molecule has 4 heteroatoms. The van der Waals surface area contributed by atoms with Crippen LogP contribution in [0.1, 0.15) is 19.3 Å². The van der Waals surface area contributed by atoms with Gasteiger partial charge in [0.25, 0.3) is 0 Å². The molecule has 0 radical (unpaired) electrons. The summed E-state index contributed by atoms with van der Waals surface area (Å²) in [5, 5.41) is 6.44. The van der Waals surface area contributed by atoms with Gasteiger partial charge < -0.3 is 15.4 Å². The predicted octanol–water partition coefficient (Wildman–Crippen LogP) is 0.118. The van der Waals surface area contributed by atoms with Crippen LogP contribution in [0.5, 0.6) is 0 Å². The lowest BCUT2D eigenvalue weighted by atomic mass is 10.2. The van der Waals surface area contributed by atoms with Crippen LogP contribution in [-0.4, -0.2) is 25.7 Å². The zero-order chi connectivity index (χ0) is 9.10. The quantitative estimate of drug-likeness (QED) is 0.412. The summed E-state index contributed by atoms with van der Waals surface area (Å²) in [7, 11) is 0. The van der Waals surface area contributed by atoms with Gasteiger partial charge in [0, 0.05) is 19.5 Å². The number of nitrogens with one attached hydrogen (secondary N) is 2. The molecule has 0 unspecified atom stereocenters. The second kappa shape index (κ2) is 3.68. The van der Waals surface area contributed by atoms with Crippen LogP contribution in [-0.2, 0) is 9.53 Å². The molecule has 4 nitrogen and oxygen atoms in total. The molecule has 0 atom stereocenters. The third-order valence-corrected chi connectivity index (χ3v) is 2.34. The minimum Gasteiger partial charge on any atom is -0.462 e. The fraction of sp³-hybridized carbons (Fsp3) is 0.667. The summed E-state index contributed by atoms with van der Waals surface area (Å²) >= 11 is 0. The molecule has 2 rings (SSSR count). The number of cyclic esters (lactones) is 1. The van der Waals surface area contributed by atoms with Crippen molar-refractivity contribution in [1.29, 1.82) is 0 Å². The monoisotopic (exact) mass is 182 g/mol. The van der Waals surface area contributed by atoms with Gasteiger partial charge in [-0.2, -0.15) is 0 Å². The first-order valence-corrected chi connectivity index (χ1v) is 4.76. The molecular formula is C9H14N2O2. The molecule has 2 aliphatic rings. The Hall–Kier alpha value is -1.19. The fourth-order valence-electron chi connectivity index (χ4n) is 1.61. The van der Waals surface area contributed by atoms with Crippen LogP contribution in [0.2, 0.25) is 0 Å². The van der Waals surface area contributed by atoms with Gasteiger partial charge in [0.1, 0.15) is 5.82 Å². The number of carbonyl (C=O) groups excluding carboxylic acids is 1. The molecule has 2 aliphatic heterocycles. The van der Waals surface area contributed by atoms with E-state index in [1.54, 1.807) is 0 Å². The Labute approximate surface area is 77.3 Å². The highest BCUT2D eigenvalue weighted by molar-refractivity contribution is 5.90. The van der Waals surface area contributed by atoms with Crippen molar-refractivity contribution in [2.45, 2.75) is 19.3 Å². The average Bonchev–Trinajstić information content (AvgIpc) is 2.43. The molecule has 2 fully saturated rings. The Balaban J connectivity index is 2.14. The Bertz CT molecular complexity index is 238. The van der Waals surface area contributed by atoms with E-state index in [1.165, 1.54) is 0 Å². The molecule has 0 aromatic carbocycles. The molecule has 0 spiro atoms. The molecular weight excluding hydrogens is 168 g/mol. The molecule has 0 aliphatic carbocycles. The topological polar surface area (TPSA) is 50.4 Å². The summed E-state index contributed by atoms with van der Waals surface area (Å²) < 4.78 is 4.88. The zero-order valence-corrected chi connectivity index (χ0v) is 7.56. The minimum absolute atomic E-state index is 0.170.